The molecular weight excluding hydrogens is 208 g/mol. The summed E-state index contributed by atoms with van der Waals surface area (Å²) in [4.78, 5) is 24.8. The molecule has 2 N–H and O–H groups in total. The number of carbonyl (C=O) groups excluding carboxylic acids is 1. The summed E-state index contributed by atoms with van der Waals surface area (Å²) >= 11 is 0. The molecule has 90 valence electrons. The molecule has 1 saturated carbocycles. The average Bonchev–Trinajstić information content (AvgIpc) is 2.14. The van der Waals surface area contributed by atoms with Gasteiger partial charge in [-0.25, -0.2) is 0 Å². The summed E-state index contributed by atoms with van der Waals surface area (Å²) in [6.07, 6.45) is 3.06. The Kier molecular flexibility index (Phi) is 3.14. The molecule has 0 radical (unpaired) electrons. The average molecular weight is 226 g/mol. The lowest BCUT2D eigenvalue weighted by Crippen LogP contribution is -2.62. The number of hydrogen-bond donors (Lipinski definition) is 2. The van der Waals surface area contributed by atoms with E-state index in [0.717, 1.165) is 19.3 Å². The van der Waals surface area contributed by atoms with Crippen molar-refractivity contribution >= 4 is 11.9 Å². The zero-order chi connectivity index (χ0) is 11.7. The largest absolute Gasteiger partial charge is 0.480 e. The number of amides is 1. The lowest BCUT2D eigenvalue weighted by molar-refractivity contribution is -0.148. The van der Waals surface area contributed by atoms with Gasteiger partial charge in [0.25, 0.3) is 0 Å². The molecule has 0 bridgehead atoms. The van der Waals surface area contributed by atoms with Crippen LogP contribution >= 0.6 is 0 Å². The predicted molar refractivity (Wildman–Crippen MR) is 57.9 cm³/mol. The van der Waals surface area contributed by atoms with Crippen LogP contribution in [-0.4, -0.2) is 47.1 Å². The van der Waals surface area contributed by atoms with E-state index in [0.29, 0.717) is 13.1 Å². The molecular formula is C11H18N2O3. The minimum absolute atomic E-state index is 0.145. The van der Waals surface area contributed by atoms with Crippen LogP contribution in [0.4, 0.5) is 0 Å². The molecule has 2 aliphatic rings. The Morgan fingerprint density at radius 3 is 2.56 bits per heavy atom. The van der Waals surface area contributed by atoms with Gasteiger partial charge in [0, 0.05) is 19.0 Å². The van der Waals surface area contributed by atoms with Crippen molar-refractivity contribution in [2.75, 3.05) is 13.1 Å². The number of carboxylic acids is 1. The predicted octanol–water partition coefficient (Wildman–Crippen LogP) is 0.0600. The van der Waals surface area contributed by atoms with E-state index in [1.807, 2.05) is 6.92 Å². The zero-order valence-corrected chi connectivity index (χ0v) is 9.48. The highest BCUT2D eigenvalue weighted by atomic mass is 16.4. The fraction of sp³-hybridized carbons (Fsp3) is 0.818. The van der Waals surface area contributed by atoms with Gasteiger partial charge < -0.3 is 15.3 Å². The molecule has 5 nitrogen and oxygen atoms in total. The first-order valence-electron chi connectivity index (χ1n) is 5.88. The van der Waals surface area contributed by atoms with Gasteiger partial charge in [-0.3, -0.25) is 9.59 Å². The Hall–Kier alpha value is -1.10. The van der Waals surface area contributed by atoms with Gasteiger partial charge in [-0.15, -0.1) is 0 Å². The van der Waals surface area contributed by atoms with Gasteiger partial charge in [-0.05, 0) is 19.8 Å². The third-order valence-corrected chi connectivity index (χ3v) is 3.69. The van der Waals surface area contributed by atoms with Crippen LogP contribution in [-0.2, 0) is 9.59 Å². The van der Waals surface area contributed by atoms with Crippen LogP contribution < -0.4 is 5.32 Å². The normalized spacial score (nSPS) is 30.9. The minimum atomic E-state index is -0.876. The van der Waals surface area contributed by atoms with Gasteiger partial charge in [-0.2, -0.15) is 0 Å². The second-order valence-electron chi connectivity index (χ2n) is 4.67. The Morgan fingerprint density at radius 2 is 2.06 bits per heavy atom. The van der Waals surface area contributed by atoms with Crippen LogP contribution in [0.15, 0.2) is 0 Å². The van der Waals surface area contributed by atoms with Crippen LogP contribution in [0.1, 0.15) is 26.2 Å². The van der Waals surface area contributed by atoms with Gasteiger partial charge in [0.1, 0.15) is 6.04 Å². The molecule has 0 aromatic heterocycles. The zero-order valence-electron chi connectivity index (χ0n) is 9.48. The third-order valence-electron chi connectivity index (χ3n) is 3.69. The molecule has 2 atom stereocenters. The fourth-order valence-corrected chi connectivity index (χ4v) is 2.39. The van der Waals surface area contributed by atoms with E-state index >= 15 is 0 Å². The monoisotopic (exact) mass is 226 g/mol. The maximum atomic E-state index is 12.1. The molecule has 1 aliphatic heterocycles. The Balaban J connectivity index is 2.03. The van der Waals surface area contributed by atoms with Gasteiger partial charge in [-0.1, -0.05) is 6.42 Å². The van der Waals surface area contributed by atoms with E-state index in [1.165, 1.54) is 0 Å². The van der Waals surface area contributed by atoms with E-state index in [4.69, 9.17) is 5.11 Å². The highest BCUT2D eigenvalue weighted by molar-refractivity contribution is 5.82. The number of nitrogens with zero attached hydrogens (tertiary/aromatic N) is 1. The number of aliphatic carboxylic acids is 1. The van der Waals surface area contributed by atoms with Crippen LogP contribution in [0.25, 0.3) is 0 Å². The summed E-state index contributed by atoms with van der Waals surface area (Å²) in [5, 5.41) is 12.0. The lowest BCUT2D eigenvalue weighted by atomic mass is 9.83. The van der Waals surface area contributed by atoms with Crippen molar-refractivity contribution < 1.29 is 14.7 Å². The summed E-state index contributed by atoms with van der Waals surface area (Å²) in [6.45, 7) is 3.00. The van der Waals surface area contributed by atoms with Gasteiger partial charge >= 0.3 is 5.97 Å². The van der Waals surface area contributed by atoms with E-state index in [1.54, 1.807) is 4.90 Å². The topological polar surface area (TPSA) is 69.6 Å². The van der Waals surface area contributed by atoms with E-state index in [2.05, 4.69) is 5.32 Å². The molecule has 2 unspecified atom stereocenters. The third kappa shape index (κ3) is 1.91. The Morgan fingerprint density at radius 1 is 1.38 bits per heavy atom. The first kappa shape index (κ1) is 11.4. The number of hydrogen-bond acceptors (Lipinski definition) is 3. The number of piperazine rings is 1. The summed E-state index contributed by atoms with van der Waals surface area (Å²) in [5.74, 6) is -0.583. The lowest BCUT2D eigenvalue weighted by Gasteiger charge is -2.41. The van der Waals surface area contributed by atoms with Gasteiger partial charge in [0.2, 0.25) is 5.91 Å². The van der Waals surface area contributed by atoms with Crippen LogP contribution in [0.2, 0.25) is 0 Å². The van der Waals surface area contributed by atoms with E-state index in [-0.39, 0.29) is 17.9 Å². The summed E-state index contributed by atoms with van der Waals surface area (Å²) < 4.78 is 0. The molecule has 2 rings (SSSR count). The van der Waals surface area contributed by atoms with Crippen molar-refractivity contribution in [2.24, 2.45) is 5.92 Å². The molecule has 16 heavy (non-hydrogen) atoms. The molecule has 0 spiro atoms. The molecule has 5 heteroatoms. The van der Waals surface area contributed by atoms with Crippen molar-refractivity contribution in [3.63, 3.8) is 0 Å². The molecule has 1 heterocycles. The SMILES string of the molecule is CC1C(C(=O)O)NCCN1C(=O)C1CCC1. The fourth-order valence-electron chi connectivity index (χ4n) is 2.39. The number of nitrogens with one attached hydrogen (secondary N) is 1. The first-order valence-corrected chi connectivity index (χ1v) is 5.88. The highest BCUT2D eigenvalue weighted by Crippen LogP contribution is 2.29. The van der Waals surface area contributed by atoms with Crippen LogP contribution in [0, 0.1) is 5.92 Å². The number of rotatable bonds is 2. The Labute approximate surface area is 94.8 Å². The number of carboxylic acid groups (broad SMARTS) is 1. The minimum Gasteiger partial charge on any atom is -0.480 e. The summed E-state index contributed by atoms with van der Waals surface area (Å²) in [5.41, 5.74) is 0. The maximum Gasteiger partial charge on any atom is 0.322 e. The quantitative estimate of drug-likeness (QED) is 0.698. The molecule has 1 aliphatic carbocycles. The van der Waals surface area contributed by atoms with Crippen molar-refractivity contribution in [3.8, 4) is 0 Å². The molecule has 0 aromatic rings. The summed E-state index contributed by atoms with van der Waals surface area (Å²) in [7, 11) is 0. The van der Waals surface area contributed by atoms with Gasteiger partial charge in [0.05, 0.1) is 6.04 Å². The first-order chi connectivity index (χ1) is 7.61. The molecule has 0 aromatic carbocycles. The standard InChI is InChI=1S/C11H18N2O3/c1-7-9(11(15)16)12-5-6-13(7)10(14)8-3-2-4-8/h7-9,12H,2-6H2,1H3,(H,15,16). The smallest absolute Gasteiger partial charge is 0.322 e. The molecule has 1 saturated heterocycles. The highest BCUT2D eigenvalue weighted by Gasteiger charge is 2.38. The van der Waals surface area contributed by atoms with Crippen LogP contribution in [0.3, 0.4) is 0 Å². The van der Waals surface area contributed by atoms with Gasteiger partial charge in [0.15, 0.2) is 0 Å². The van der Waals surface area contributed by atoms with Crippen LogP contribution in [0.5, 0.6) is 0 Å². The summed E-state index contributed by atoms with van der Waals surface area (Å²) in [6, 6.07) is -0.878. The van der Waals surface area contributed by atoms with Crippen molar-refractivity contribution in [3.05, 3.63) is 0 Å². The maximum absolute atomic E-state index is 12.1. The van der Waals surface area contributed by atoms with E-state index < -0.39 is 12.0 Å². The molecule has 2 fully saturated rings. The number of carbonyl (C=O) groups is 2. The van der Waals surface area contributed by atoms with Crippen molar-refractivity contribution in [2.45, 2.75) is 38.3 Å². The second-order valence-corrected chi connectivity index (χ2v) is 4.67. The van der Waals surface area contributed by atoms with Crippen molar-refractivity contribution in [1.29, 1.82) is 0 Å². The molecule has 1 amide bonds. The van der Waals surface area contributed by atoms with E-state index in [9.17, 15) is 9.59 Å². The second kappa shape index (κ2) is 4.41. The Bertz CT molecular complexity index is 302. The van der Waals surface area contributed by atoms with Crippen molar-refractivity contribution in [1.82, 2.24) is 10.2 Å².